The van der Waals surface area contributed by atoms with Crippen molar-refractivity contribution in [3.63, 3.8) is 0 Å². The fraction of sp³-hybridized carbons (Fsp3) is 0.300. The van der Waals surface area contributed by atoms with E-state index >= 15 is 0 Å². The van der Waals surface area contributed by atoms with Crippen molar-refractivity contribution in [2.75, 3.05) is 0 Å². The van der Waals surface area contributed by atoms with E-state index in [1.807, 2.05) is 38.1 Å². The Morgan fingerprint density at radius 1 is 0.974 bits per heavy atom. The van der Waals surface area contributed by atoms with Gasteiger partial charge in [-0.25, -0.2) is 13.8 Å². The smallest absolute Gasteiger partial charge is 0.261 e. The topological polar surface area (TPSA) is 68.0 Å². The highest BCUT2D eigenvalue weighted by Gasteiger charge is 2.24. The molecule has 2 aromatic heterocycles. The van der Waals surface area contributed by atoms with Gasteiger partial charge in [-0.2, -0.15) is 9.37 Å². The van der Waals surface area contributed by atoms with Gasteiger partial charge in [0.15, 0.2) is 0 Å². The van der Waals surface area contributed by atoms with Crippen molar-refractivity contribution in [1.29, 1.82) is 0 Å². The predicted octanol–water partition coefficient (Wildman–Crippen LogP) is 6.67. The molecule has 1 atom stereocenters. The molecule has 8 heteroatoms. The van der Waals surface area contributed by atoms with Crippen LogP contribution >= 0.6 is 0 Å². The van der Waals surface area contributed by atoms with Crippen LogP contribution in [0.4, 0.5) is 13.2 Å². The molecule has 0 spiro atoms. The van der Waals surface area contributed by atoms with Crippen LogP contribution in [0.15, 0.2) is 59.4 Å². The number of nitrogens with zero attached hydrogens (tertiary/aromatic N) is 3. The molecule has 0 fully saturated rings. The van der Waals surface area contributed by atoms with E-state index < -0.39 is 29.2 Å². The molecular weight excluding hydrogens is 491 g/mol. The van der Waals surface area contributed by atoms with Crippen LogP contribution in [0.25, 0.3) is 11.1 Å². The molecule has 38 heavy (non-hydrogen) atoms. The van der Waals surface area contributed by atoms with Crippen LogP contribution in [0.1, 0.15) is 67.4 Å². The first-order chi connectivity index (χ1) is 18.2. The van der Waals surface area contributed by atoms with Crippen LogP contribution in [-0.4, -0.2) is 19.6 Å². The summed E-state index contributed by atoms with van der Waals surface area (Å²) in [5.41, 5.74) is 2.77. The molecule has 1 N–H and O–H groups in total. The molecule has 0 saturated carbocycles. The zero-order valence-corrected chi connectivity index (χ0v) is 21.6. The number of aryl methyl sites for hydroxylation is 2. The van der Waals surface area contributed by atoms with Gasteiger partial charge in [0.1, 0.15) is 17.5 Å². The van der Waals surface area contributed by atoms with Crippen LogP contribution in [-0.2, 0) is 12.8 Å². The van der Waals surface area contributed by atoms with Gasteiger partial charge in [0.25, 0.3) is 5.56 Å². The summed E-state index contributed by atoms with van der Waals surface area (Å²) in [6.45, 7) is 5.55. The maximum atomic E-state index is 14.1. The molecule has 0 bridgehead atoms. The predicted molar refractivity (Wildman–Crippen MR) is 141 cm³/mol. The van der Waals surface area contributed by atoms with Crippen LogP contribution in [0.3, 0.4) is 0 Å². The number of aromatic nitrogens is 3. The third kappa shape index (κ3) is 5.79. The average molecular weight is 522 g/mol. The molecule has 5 nitrogen and oxygen atoms in total. The Bertz CT molecular complexity index is 1500. The van der Waals surface area contributed by atoms with Crippen molar-refractivity contribution in [3.8, 4) is 17.0 Å². The van der Waals surface area contributed by atoms with Crippen LogP contribution in [0.2, 0.25) is 0 Å². The highest BCUT2D eigenvalue weighted by Crippen LogP contribution is 2.28. The summed E-state index contributed by atoms with van der Waals surface area (Å²) in [4.78, 5) is 22.2. The van der Waals surface area contributed by atoms with E-state index in [4.69, 9.17) is 0 Å². The Kier molecular flexibility index (Phi) is 8.29. The summed E-state index contributed by atoms with van der Waals surface area (Å²) in [5, 5.41) is 10.8. The molecule has 0 aliphatic carbocycles. The summed E-state index contributed by atoms with van der Waals surface area (Å²) in [6.07, 6.45) is 2.47. The second-order valence-electron chi connectivity index (χ2n) is 9.38. The normalized spacial score (nSPS) is 12.1. The number of hydrogen-bond acceptors (Lipinski definition) is 4. The summed E-state index contributed by atoms with van der Waals surface area (Å²) >= 11 is 0. The van der Waals surface area contributed by atoms with Gasteiger partial charge in [0, 0.05) is 30.2 Å². The lowest BCUT2D eigenvalue weighted by Crippen LogP contribution is -2.32. The summed E-state index contributed by atoms with van der Waals surface area (Å²) < 4.78 is 43.2. The summed E-state index contributed by atoms with van der Waals surface area (Å²) in [5.74, 6) is -2.00. The molecule has 0 aliphatic heterocycles. The molecule has 4 rings (SSSR count). The van der Waals surface area contributed by atoms with Crippen molar-refractivity contribution in [2.45, 2.75) is 58.9 Å². The van der Waals surface area contributed by atoms with Gasteiger partial charge in [-0.05, 0) is 60.7 Å². The number of unbranched alkanes of at least 4 members (excludes halogenated alkanes) is 1. The van der Waals surface area contributed by atoms with Gasteiger partial charge in [-0.15, -0.1) is 0 Å². The van der Waals surface area contributed by atoms with E-state index in [2.05, 4.69) is 9.97 Å². The average Bonchev–Trinajstić information content (AvgIpc) is 2.86. The number of rotatable bonds is 9. The van der Waals surface area contributed by atoms with E-state index in [0.29, 0.717) is 29.9 Å². The van der Waals surface area contributed by atoms with E-state index in [1.165, 1.54) is 22.8 Å². The number of hydrogen-bond donors (Lipinski definition) is 1. The minimum Gasteiger partial charge on any atom is -0.493 e. The fourth-order valence-electron chi connectivity index (χ4n) is 4.81. The van der Waals surface area contributed by atoms with Gasteiger partial charge in [-0.3, -0.25) is 9.36 Å². The third-order valence-corrected chi connectivity index (χ3v) is 6.65. The summed E-state index contributed by atoms with van der Waals surface area (Å²) in [7, 11) is 0. The second-order valence-corrected chi connectivity index (χ2v) is 9.38. The van der Waals surface area contributed by atoms with Gasteiger partial charge < -0.3 is 5.11 Å². The molecule has 2 heterocycles. The molecule has 0 aliphatic rings. The van der Waals surface area contributed by atoms with Crippen LogP contribution in [0, 0.1) is 24.5 Å². The fourth-order valence-corrected chi connectivity index (χ4v) is 4.81. The number of pyridine rings is 1. The standard InChI is InChI=1S/C30H30F3N3O2/c1-4-6-10-28-35-29(37)25(30(38)36(28)26(5-2)21-15-22(31)17-23(32)16-21)14-19-8-7-9-20(13-19)24-11-12-27(33)34-18(24)3/h7-9,11-13,15-17,26,37H,4-6,10,14H2,1-3H3/t26-/m0/s1. The molecule has 0 unspecified atom stereocenters. The lowest BCUT2D eigenvalue weighted by molar-refractivity contribution is 0.419. The van der Waals surface area contributed by atoms with E-state index in [-0.39, 0.29) is 17.9 Å². The minimum absolute atomic E-state index is 0.0845. The highest BCUT2D eigenvalue weighted by atomic mass is 19.1. The molecule has 4 aromatic rings. The lowest BCUT2D eigenvalue weighted by atomic mass is 9.98. The SMILES string of the molecule is CCCCc1nc(O)c(Cc2cccc(-c3ccc(F)nc3C)c2)c(=O)n1[C@@H](CC)c1cc(F)cc(F)c1. The van der Waals surface area contributed by atoms with Gasteiger partial charge in [-0.1, -0.05) is 44.5 Å². The number of halogens is 3. The van der Waals surface area contributed by atoms with Crippen molar-refractivity contribution in [3.05, 3.63) is 111 Å². The van der Waals surface area contributed by atoms with Crippen LogP contribution in [0.5, 0.6) is 5.88 Å². The molecular formula is C30H30F3N3O2. The molecule has 0 saturated heterocycles. The maximum Gasteiger partial charge on any atom is 0.261 e. The third-order valence-electron chi connectivity index (χ3n) is 6.65. The summed E-state index contributed by atoms with van der Waals surface area (Å²) in [6, 6.07) is 12.9. The second kappa shape index (κ2) is 11.6. The first-order valence-electron chi connectivity index (χ1n) is 12.7. The van der Waals surface area contributed by atoms with Gasteiger partial charge in [0.05, 0.1) is 11.6 Å². The van der Waals surface area contributed by atoms with E-state index in [9.17, 15) is 23.1 Å². The largest absolute Gasteiger partial charge is 0.493 e. The van der Waals surface area contributed by atoms with Gasteiger partial charge in [0.2, 0.25) is 11.8 Å². The van der Waals surface area contributed by atoms with Crippen molar-refractivity contribution in [2.24, 2.45) is 0 Å². The van der Waals surface area contributed by atoms with Crippen molar-refractivity contribution < 1.29 is 18.3 Å². The van der Waals surface area contributed by atoms with Crippen molar-refractivity contribution >= 4 is 0 Å². The number of aromatic hydroxyl groups is 1. The maximum absolute atomic E-state index is 14.1. The number of benzene rings is 2. The first kappa shape index (κ1) is 27.1. The zero-order chi connectivity index (χ0) is 27.4. The zero-order valence-electron chi connectivity index (χ0n) is 21.6. The Hall–Kier alpha value is -3.94. The first-order valence-corrected chi connectivity index (χ1v) is 12.7. The molecule has 198 valence electrons. The molecule has 2 aromatic carbocycles. The Labute approximate surface area is 219 Å². The quantitative estimate of drug-likeness (QED) is 0.250. The monoisotopic (exact) mass is 521 g/mol. The van der Waals surface area contributed by atoms with E-state index in [1.54, 1.807) is 13.0 Å². The van der Waals surface area contributed by atoms with Gasteiger partial charge >= 0.3 is 0 Å². The molecule has 0 amide bonds. The minimum atomic E-state index is -0.726. The highest BCUT2D eigenvalue weighted by molar-refractivity contribution is 5.66. The van der Waals surface area contributed by atoms with Crippen LogP contribution < -0.4 is 5.56 Å². The van der Waals surface area contributed by atoms with E-state index in [0.717, 1.165) is 35.6 Å². The Balaban J connectivity index is 1.81. The van der Waals surface area contributed by atoms with Crippen molar-refractivity contribution in [1.82, 2.24) is 14.5 Å². The molecule has 0 radical (unpaired) electrons. The lowest BCUT2D eigenvalue weighted by Gasteiger charge is -2.23. The Morgan fingerprint density at radius 2 is 1.71 bits per heavy atom. The Morgan fingerprint density at radius 3 is 2.37 bits per heavy atom.